The van der Waals surface area contributed by atoms with Crippen molar-refractivity contribution >= 4 is 41.4 Å². The van der Waals surface area contributed by atoms with Crippen LogP contribution in [0.15, 0.2) is 0 Å². The Kier molecular flexibility index (Phi) is 13.5. The third-order valence-electron chi connectivity index (χ3n) is 4.57. The molecule has 0 fully saturated rings. The van der Waals surface area contributed by atoms with E-state index in [1.165, 1.54) is 11.8 Å². The van der Waals surface area contributed by atoms with Crippen LogP contribution < -0.4 is 21.7 Å². The van der Waals surface area contributed by atoms with Gasteiger partial charge in [0.25, 0.3) is 0 Å². The number of rotatable bonds is 15. The van der Waals surface area contributed by atoms with Crippen molar-refractivity contribution in [3.63, 3.8) is 0 Å². The molecule has 0 bridgehead atoms. The van der Waals surface area contributed by atoms with E-state index in [9.17, 15) is 29.1 Å². The number of nitrogens with one attached hydrogen (secondary N) is 3. The predicted molar refractivity (Wildman–Crippen MR) is 113 cm³/mol. The molecule has 0 aromatic heterocycles. The molecule has 178 valence electrons. The number of carboxylic acids is 2. The number of aliphatic carboxylic acids is 2. The molecule has 31 heavy (non-hydrogen) atoms. The van der Waals surface area contributed by atoms with Gasteiger partial charge in [-0.25, -0.2) is 4.79 Å². The van der Waals surface area contributed by atoms with Gasteiger partial charge >= 0.3 is 11.9 Å². The topological polar surface area (TPSA) is 208 Å². The largest absolute Gasteiger partial charge is 0.481 e. The molecule has 5 atom stereocenters. The smallest absolute Gasteiger partial charge is 0.326 e. The van der Waals surface area contributed by atoms with Crippen molar-refractivity contribution < 1.29 is 39.3 Å². The van der Waals surface area contributed by atoms with Crippen LogP contribution in [0, 0.1) is 5.92 Å². The molecule has 12 nitrogen and oxygen atoms in total. The van der Waals surface area contributed by atoms with Gasteiger partial charge in [0.05, 0.1) is 19.1 Å². The minimum atomic E-state index is -1.74. The van der Waals surface area contributed by atoms with Crippen LogP contribution in [0.1, 0.15) is 33.1 Å². The zero-order valence-corrected chi connectivity index (χ0v) is 18.6. The summed E-state index contributed by atoms with van der Waals surface area (Å²) in [5.41, 5.74) is 5.83. The molecule has 0 heterocycles. The second-order valence-corrected chi connectivity index (χ2v) is 7.99. The van der Waals surface area contributed by atoms with Gasteiger partial charge in [-0.3, -0.25) is 19.2 Å². The summed E-state index contributed by atoms with van der Waals surface area (Å²) in [6.45, 7) is 2.63. The van der Waals surface area contributed by atoms with Crippen LogP contribution >= 0.6 is 11.8 Å². The zero-order chi connectivity index (χ0) is 24.1. The van der Waals surface area contributed by atoms with Crippen molar-refractivity contribution in [2.24, 2.45) is 11.7 Å². The number of carbonyl (C=O) groups excluding carboxylic acids is 3. The summed E-state index contributed by atoms with van der Waals surface area (Å²) in [6, 6.07) is -5.16. The lowest BCUT2D eigenvalue weighted by molar-refractivity contribution is -0.147. The number of carboxylic acid groups (broad SMARTS) is 2. The maximum absolute atomic E-state index is 12.7. The van der Waals surface area contributed by atoms with Gasteiger partial charge in [0.1, 0.15) is 18.1 Å². The lowest BCUT2D eigenvalue weighted by atomic mass is 9.97. The highest BCUT2D eigenvalue weighted by Gasteiger charge is 2.32. The average molecular weight is 465 g/mol. The van der Waals surface area contributed by atoms with Crippen LogP contribution in [-0.4, -0.2) is 87.8 Å². The molecule has 0 aliphatic carbocycles. The fraction of sp³-hybridized carbons (Fsp3) is 0.722. The number of aliphatic hydroxyl groups is 1. The Bertz CT molecular complexity index is 648. The van der Waals surface area contributed by atoms with E-state index in [1.807, 2.05) is 11.6 Å². The summed E-state index contributed by atoms with van der Waals surface area (Å²) >= 11 is 1.52. The van der Waals surface area contributed by atoms with E-state index in [4.69, 9.17) is 15.9 Å². The van der Waals surface area contributed by atoms with Gasteiger partial charge in [0.15, 0.2) is 0 Å². The van der Waals surface area contributed by atoms with E-state index in [0.29, 0.717) is 18.6 Å². The van der Waals surface area contributed by atoms with E-state index in [-0.39, 0.29) is 5.92 Å². The van der Waals surface area contributed by atoms with Crippen LogP contribution in [0.25, 0.3) is 0 Å². The first-order valence-electron chi connectivity index (χ1n) is 9.69. The monoisotopic (exact) mass is 464 g/mol. The summed E-state index contributed by atoms with van der Waals surface area (Å²) < 4.78 is 0. The molecule has 0 aliphatic rings. The molecule has 8 N–H and O–H groups in total. The molecular formula is C18H32N4O8S. The summed E-state index contributed by atoms with van der Waals surface area (Å²) in [7, 11) is 0. The first-order valence-corrected chi connectivity index (χ1v) is 11.1. The average Bonchev–Trinajstić information content (AvgIpc) is 2.71. The van der Waals surface area contributed by atoms with E-state index in [2.05, 4.69) is 10.6 Å². The fourth-order valence-corrected chi connectivity index (χ4v) is 2.93. The first-order chi connectivity index (χ1) is 14.5. The maximum Gasteiger partial charge on any atom is 0.326 e. The van der Waals surface area contributed by atoms with Crippen LogP contribution in [0.2, 0.25) is 0 Å². The van der Waals surface area contributed by atoms with Crippen molar-refractivity contribution in [1.82, 2.24) is 16.0 Å². The number of carbonyl (C=O) groups is 5. The highest BCUT2D eigenvalue weighted by molar-refractivity contribution is 7.98. The number of thioether (sulfide) groups is 1. The second kappa shape index (κ2) is 14.6. The van der Waals surface area contributed by atoms with E-state index in [0.717, 1.165) is 0 Å². The van der Waals surface area contributed by atoms with E-state index >= 15 is 0 Å². The second-order valence-electron chi connectivity index (χ2n) is 7.00. The molecule has 13 heteroatoms. The molecule has 0 aromatic rings. The fourth-order valence-electron chi connectivity index (χ4n) is 2.44. The third-order valence-corrected chi connectivity index (χ3v) is 5.22. The number of hydrogen-bond donors (Lipinski definition) is 7. The minimum absolute atomic E-state index is 0.335. The van der Waals surface area contributed by atoms with Crippen molar-refractivity contribution in [3.8, 4) is 0 Å². The Morgan fingerprint density at radius 1 is 0.968 bits per heavy atom. The normalized spacial score (nSPS) is 15.6. The maximum atomic E-state index is 12.7. The lowest BCUT2D eigenvalue weighted by Gasteiger charge is -2.27. The third kappa shape index (κ3) is 10.5. The molecule has 0 aromatic carbocycles. The molecule has 0 spiro atoms. The van der Waals surface area contributed by atoms with E-state index < -0.39 is 66.9 Å². The number of hydrogen-bond acceptors (Lipinski definition) is 8. The van der Waals surface area contributed by atoms with Gasteiger partial charge in [-0.05, 0) is 24.3 Å². The summed E-state index contributed by atoms with van der Waals surface area (Å²) in [5.74, 6) is -5.08. The minimum Gasteiger partial charge on any atom is -0.481 e. The Morgan fingerprint density at radius 2 is 1.55 bits per heavy atom. The highest BCUT2D eigenvalue weighted by Crippen LogP contribution is 2.10. The summed E-state index contributed by atoms with van der Waals surface area (Å²) in [5, 5.41) is 34.0. The van der Waals surface area contributed by atoms with Crippen molar-refractivity contribution in [2.75, 3.05) is 18.6 Å². The standard InChI is InChI=1S/C18H32N4O8S/c1-4-9(2)14(22-15(26)10(19)5-6-31-3)17(28)21-12(8-23)16(27)20-11(18(29)30)7-13(24)25/h9-12,14,23H,4-8,19H2,1-3H3,(H,20,27)(H,21,28)(H,22,26)(H,24,25)(H,29,30). The zero-order valence-electron chi connectivity index (χ0n) is 17.8. The lowest BCUT2D eigenvalue weighted by Crippen LogP contribution is -2.59. The molecule has 3 amide bonds. The van der Waals surface area contributed by atoms with Crippen LogP contribution in [0.4, 0.5) is 0 Å². The van der Waals surface area contributed by atoms with Gasteiger partial charge in [0.2, 0.25) is 17.7 Å². The predicted octanol–water partition coefficient (Wildman–Crippen LogP) is -1.88. The van der Waals surface area contributed by atoms with Gasteiger partial charge in [-0.2, -0.15) is 11.8 Å². The highest BCUT2D eigenvalue weighted by atomic mass is 32.2. The molecule has 5 unspecified atom stereocenters. The molecule has 0 saturated carbocycles. The SMILES string of the molecule is CCC(C)C(NC(=O)C(N)CCSC)C(=O)NC(CO)C(=O)NC(CC(=O)O)C(=O)O. The molecule has 0 radical (unpaired) electrons. The van der Waals surface area contributed by atoms with Crippen molar-refractivity contribution in [1.29, 1.82) is 0 Å². The molecule has 0 rings (SSSR count). The van der Waals surface area contributed by atoms with Gasteiger partial charge < -0.3 is 37.0 Å². The molecular weight excluding hydrogens is 432 g/mol. The first kappa shape index (κ1) is 28.6. The summed E-state index contributed by atoms with van der Waals surface area (Å²) in [6.07, 6.45) is 1.90. The number of nitrogens with two attached hydrogens (primary N) is 1. The summed E-state index contributed by atoms with van der Waals surface area (Å²) in [4.78, 5) is 59.2. The van der Waals surface area contributed by atoms with E-state index in [1.54, 1.807) is 13.8 Å². The van der Waals surface area contributed by atoms with Crippen LogP contribution in [0.3, 0.4) is 0 Å². The Morgan fingerprint density at radius 3 is 2.00 bits per heavy atom. The molecule has 0 aliphatic heterocycles. The van der Waals surface area contributed by atoms with Gasteiger partial charge in [-0.1, -0.05) is 20.3 Å². The molecule has 0 saturated heterocycles. The number of amides is 3. The Hall–Kier alpha value is -2.38. The Balaban J connectivity index is 5.26. The Labute approximate surface area is 184 Å². The van der Waals surface area contributed by atoms with Crippen LogP contribution in [0.5, 0.6) is 0 Å². The quantitative estimate of drug-likeness (QED) is 0.143. The van der Waals surface area contributed by atoms with Gasteiger partial charge in [0, 0.05) is 0 Å². The van der Waals surface area contributed by atoms with Crippen molar-refractivity contribution in [2.45, 2.75) is 57.3 Å². The number of aliphatic hydroxyl groups excluding tert-OH is 1. The van der Waals surface area contributed by atoms with Crippen LogP contribution in [-0.2, 0) is 24.0 Å². The van der Waals surface area contributed by atoms with Gasteiger partial charge in [-0.15, -0.1) is 0 Å². The van der Waals surface area contributed by atoms with Crippen molar-refractivity contribution in [3.05, 3.63) is 0 Å².